The minimum absolute atomic E-state index is 0.690. The van der Waals surface area contributed by atoms with Gasteiger partial charge in [0, 0.05) is 13.0 Å². The van der Waals surface area contributed by atoms with Crippen molar-refractivity contribution in [1.29, 1.82) is 5.26 Å². The van der Waals surface area contributed by atoms with E-state index >= 15 is 0 Å². The van der Waals surface area contributed by atoms with Crippen LogP contribution in [0.3, 0.4) is 0 Å². The van der Waals surface area contributed by atoms with E-state index in [1.165, 1.54) is 5.52 Å². The van der Waals surface area contributed by atoms with E-state index in [4.69, 9.17) is 16.0 Å². The zero-order valence-electron chi connectivity index (χ0n) is 13.0. The van der Waals surface area contributed by atoms with Crippen molar-refractivity contribution in [2.45, 2.75) is 58.0 Å². The predicted octanol–water partition coefficient (Wildman–Crippen LogP) is 3.40. The van der Waals surface area contributed by atoms with E-state index in [0.717, 1.165) is 43.6 Å². The van der Waals surface area contributed by atoms with E-state index in [2.05, 4.69) is 29.7 Å². The van der Waals surface area contributed by atoms with Crippen molar-refractivity contribution in [2.75, 3.05) is 0 Å². The minimum atomic E-state index is -0.693. The van der Waals surface area contributed by atoms with E-state index in [1.54, 1.807) is 0 Å². The highest BCUT2D eigenvalue weighted by atomic mass is 15.1. The summed E-state index contributed by atoms with van der Waals surface area (Å²) in [5.41, 5.74) is 7.60. The van der Waals surface area contributed by atoms with Crippen LogP contribution in [0.1, 0.15) is 45.4 Å². The highest BCUT2D eigenvalue weighted by Gasteiger charge is 2.21. The van der Waals surface area contributed by atoms with E-state index in [9.17, 15) is 0 Å². The number of aromatic nitrogens is 2. The van der Waals surface area contributed by atoms with E-state index in [0.29, 0.717) is 6.42 Å². The van der Waals surface area contributed by atoms with Crippen LogP contribution < -0.4 is 5.73 Å². The van der Waals surface area contributed by atoms with Crippen molar-refractivity contribution in [3.63, 3.8) is 0 Å². The van der Waals surface area contributed by atoms with Crippen molar-refractivity contribution in [1.82, 2.24) is 9.55 Å². The number of hydrogen-bond acceptors (Lipinski definition) is 3. The summed E-state index contributed by atoms with van der Waals surface area (Å²) in [5.74, 6) is 1.13. The smallest absolute Gasteiger partial charge is 0.109 e. The molecular weight excluding hydrogens is 260 g/mol. The highest BCUT2D eigenvalue weighted by Crippen LogP contribution is 2.20. The van der Waals surface area contributed by atoms with Crippen LogP contribution in [0, 0.1) is 11.3 Å². The lowest BCUT2D eigenvalue weighted by atomic mass is 9.93. The van der Waals surface area contributed by atoms with Gasteiger partial charge in [0.1, 0.15) is 11.4 Å². The molecule has 0 radical (unpaired) electrons. The molecule has 2 N–H and O–H groups in total. The van der Waals surface area contributed by atoms with Gasteiger partial charge in [0.2, 0.25) is 0 Å². The third kappa shape index (κ3) is 3.43. The standard InChI is InChI=1S/C17H24N4/c1-3-8-16-20-14-9-5-6-10-15(14)21(16)12-7-11-17(19,4-2)13-18/h5-6,9-10H,3-4,7-8,11-12,19H2,1-2H3. The third-order valence-electron chi connectivity index (χ3n) is 4.07. The molecule has 21 heavy (non-hydrogen) atoms. The lowest BCUT2D eigenvalue weighted by Gasteiger charge is -2.19. The lowest BCUT2D eigenvalue weighted by Crippen LogP contribution is -2.37. The normalized spacial score (nSPS) is 14.0. The Bertz CT molecular complexity index is 638. The molecule has 0 fully saturated rings. The van der Waals surface area contributed by atoms with Gasteiger partial charge in [0.25, 0.3) is 0 Å². The number of aryl methyl sites for hydroxylation is 2. The van der Waals surface area contributed by atoms with Gasteiger partial charge in [-0.15, -0.1) is 0 Å². The van der Waals surface area contributed by atoms with Crippen molar-refractivity contribution in [3.05, 3.63) is 30.1 Å². The maximum absolute atomic E-state index is 9.16. The number of nitrogens with zero attached hydrogens (tertiary/aromatic N) is 3. The summed E-state index contributed by atoms with van der Waals surface area (Å²) in [7, 11) is 0. The Morgan fingerprint density at radius 1 is 1.33 bits per heavy atom. The molecule has 0 aliphatic rings. The Hall–Kier alpha value is -1.86. The second kappa shape index (κ2) is 6.73. The Kier molecular flexibility index (Phi) is 4.98. The summed E-state index contributed by atoms with van der Waals surface area (Å²) in [5, 5.41) is 9.16. The average Bonchev–Trinajstić information content (AvgIpc) is 2.85. The molecule has 0 aliphatic carbocycles. The van der Waals surface area contributed by atoms with Gasteiger partial charge >= 0.3 is 0 Å². The Labute approximate surface area is 126 Å². The number of rotatable bonds is 7. The summed E-state index contributed by atoms with van der Waals surface area (Å²) < 4.78 is 2.28. The first-order valence-electron chi connectivity index (χ1n) is 7.78. The monoisotopic (exact) mass is 284 g/mol. The van der Waals surface area contributed by atoms with Crippen molar-refractivity contribution < 1.29 is 0 Å². The van der Waals surface area contributed by atoms with Crippen LogP contribution in [0.5, 0.6) is 0 Å². The molecule has 1 aromatic heterocycles. The topological polar surface area (TPSA) is 67.6 Å². The minimum Gasteiger partial charge on any atom is -0.328 e. The molecule has 2 rings (SSSR count). The molecule has 0 aliphatic heterocycles. The molecule has 4 nitrogen and oxygen atoms in total. The van der Waals surface area contributed by atoms with Gasteiger partial charge in [-0.1, -0.05) is 26.0 Å². The molecular formula is C17H24N4. The maximum atomic E-state index is 9.16. The molecule has 0 amide bonds. The summed E-state index contributed by atoms with van der Waals surface area (Å²) in [4.78, 5) is 4.72. The van der Waals surface area contributed by atoms with Crippen LogP contribution in [0.25, 0.3) is 11.0 Å². The molecule has 1 heterocycles. The van der Waals surface area contributed by atoms with Crippen LogP contribution in [0.15, 0.2) is 24.3 Å². The molecule has 112 valence electrons. The van der Waals surface area contributed by atoms with E-state index < -0.39 is 5.54 Å². The van der Waals surface area contributed by atoms with Crippen LogP contribution in [0.2, 0.25) is 0 Å². The summed E-state index contributed by atoms with van der Waals surface area (Å²) in [6.45, 7) is 5.01. The van der Waals surface area contributed by atoms with Crippen molar-refractivity contribution in [3.8, 4) is 6.07 Å². The zero-order chi connectivity index (χ0) is 15.3. The van der Waals surface area contributed by atoms with Crippen LogP contribution >= 0.6 is 0 Å². The number of fused-ring (bicyclic) bond motifs is 1. The Morgan fingerprint density at radius 2 is 2.10 bits per heavy atom. The zero-order valence-corrected chi connectivity index (χ0v) is 13.0. The quantitative estimate of drug-likeness (QED) is 0.847. The molecule has 0 saturated carbocycles. The Balaban J connectivity index is 2.17. The van der Waals surface area contributed by atoms with Crippen LogP contribution in [-0.4, -0.2) is 15.1 Å². The van der Waals surface area contributed by atoms with Crippen LogP contribution in [0.4, 0.5) is 0 Å². The molecule has 1 aromatic carbocycles. The van der Waals surface area contributed by atoms with E-state index in [1.807, 2.05) is 19.1 Å². The van der Waals surface area contributed by atoms with Gasteiger partial charge in [-0.3, -0.25) is 0 Å². The van der Waals surface area contributed by atoms with Gasteiger partial charge in [-0.25, -0.2) is 4.98 Å². The number of para-hydroxylation sites is 2. The molecule has 1 unspecified atom stereocenters. The number of nitriles is 1. The molecule has 1 atom stereocenters. The van der Waals surface area contributed by atoms with Gasteiger partial charge in [0.15, 0.2) is 0 Å². The largest absolute Gasteiger partial charge is 0.328 e. The fourth-order valence-corrected chi connectivity index (χ4v) is 2.65. The molecule has 0 bridgehead atoms. The number of benzene rings is 1. The summed E-state index contributed by atoms with van der Waals surface area (Å²) in [6, 6.07) is 10.5. The molecule has 4 heteroatoms. The molecule has 0 saturated heterocycles. The van der Waals surface area contributed by atoms with Gasteiger partial charge in [0.05, 0.1) is 17.1 Å². The average molecular weight is 284 g/mol. The van der Waals surface area contributed by atoms with Gasteiger partial charge < -0.3 is 10.3 Å². The fraction of sp³-hybridized carbons (Fsp3) is 0.529. The van der Waals surface area contributed by atoms with Gasteiger partial charge in [-0.2, -0.15) is 5.26 Å². The summed E-state index contributed by atoms with van der Waals surface area (Å²) >= 11 is 0. The second-order valence-corrected chi connectivity index (χ2v) is 5.64. The lowest BCUT2D eigenvalue weighted by molar-refractivity contribution is 0.443. The maximum Gasteiger partial charge on any atom is 0.109 e. The third-order valence-corrected chi connectivity index (χ3v) is 4.07. The number of hydrogen-bond donors (Lipinski definition) is 1. The first kappa shape index (κ1) is 15.5. The highest BCUT2D eigenvalue weighted by molar-refractivity contribution is 5.75. The molecule has 2 aromatic rings. The van der Waals surface area contributed by atoms with Crippen LogP contribution in [-0.2, 0) is 13.0 Å². The van der Waals surface area contributed by atoms with Crippen molar-refractivity contribution in [2.24, 2.45) is 5.73 Å². The molecule has 0 spiro atoms. The second-order valence-electron chi connectivity index (χ2n) is 5.64. The number of imidazole rings is 1. The van der Waals surface area contributed by atoms with Crippen molar-refractivity contribution >= 4 is 11.0 Å². The SMILES string of the molecule is CCCc1nc2ccccc2n1CCCC(N)(C#N)CC. The Morgan fingerprint density at radius 3 is 2.76 bits per heavy atom. The van der Waals surface area contributed by atoms with E-state index in [-0.39, 0.29) is 0 Å². The first-order valence-corrected chi connectivity index (χ1v) is 7.78. The number of nitrogens with two attached hydrogens (primary N) is 1. The predicted molar refractivity (Wildman–Crippen MR) is 85.8 cm³/mol. The van der Waals surface area contributed by atoms with Gasteiger partial charge in [-0.05, 0) is 37.8 Å². The summed E-state index contributed by atoms with van der Waals surface area (Å²) in [6.07, 6.45) is 4.37. The fourth-order valence-electron chi connectivity index (χ4n) is 2.65. The first-order chi connectivity index (χ1) is 10.1.